The first kappa shape index (κ1) is 16.4. The molecule has 4 nitrogen and oxygen atoms in total. The standard InChI is InChI=1S/C21H15ClN2O2/c22-17-9-10-18-16(12-17)13-19(26-18)21(25)23-20-8-4-5-11-24(20)14-15-6-2-1-3-7-15/h1-13H,14H2. The number of furan rings is 1. The van der Waals surface area contributed by atoms with E-state index < -0.39 is 5.91 Å². The predicted molar refractivity (Wildman–Crippen MR) is 101 cm³/mol. The fourth-order valence-electron chi connectivity index (χ4n) is 2.76. The smallest absolute Gasteiger partial charge is 0.314 e. The summed E-state index contributed by atoms with van der Waals surface area (Å²) in [6.07, 6.45) is 1.90. The number of rotatable bonds is 3. The molecule has 0 unspecified atom stereocenters. The van der Waals surface area contributed by atoms with Crippen LogP contribution in [0.4, 0.5) is 0 Å². The van der Waals surface area contributed by atoms with Gasteiger partial charge in [0.15, 0.2) is 5.76 Å². The van der Waals surface area contributed by atoms with Crippen LogP contribution in [0.3, 0.4) is 0 Å². The Labute approximate surface area is 155 Å². The van der Waals surface area contributed by atoms with E-state index in [0.29, 0.717) is 22.6 Å². The number of hydrogen-bond donors (Lipinski definition) is 0. The predicted octanol–water partition coefficient (Wildman–Crippen LogP) is 4.68. The number of nitrogens with zero attached hydrogens (tertiary/aromatic N) is 2. The van der Waals surface area contributed by atoms with E-state index in [9.17, 15) is 4.79 Å². The molecule has 2 aromatic heterocycles. The second-order valence-electron chi connectivity index (χ2n) is 5.88. The zero-order valence-corrected chi connectivity index (χ0v) is 14.6. The molecule has 5 heteroatoms. The van der Waals surface area contributed by atoms with Crippen LogP contribution in [-0.4, -0.2) is 10.5 Å². The third-order valence-corrected chi connectivity index (χ3v) is 4.25. The molecule has 4 aromatic rings. The van der Waals surface area contributed by atoms with Crippen molar-refractivity contribution in [1.29, 1.82) is 0 Å². The van der Waals surface area contributed by atoms with E-state index in [2.05, 4.69) is 4.99 Å². The maximum atomic E-state index is 12.6. The number of fused-ring (bicyclic) bond motifs is 1. The van der Waals surface area contributed by atoms with Gasteiger partial charge in [-0.25, -0.2) is 0 Å². The molecular weight excluding hydrogens is 348 g/mol. The first-order valence-electron chi connectivity index (χ1n) is 8.16. The summed E-state index contributed by atoms with van der Waals surface area (Å²) >= 11 is 5.98. The van der Waals surface area contributed by atoms with E-state index in [1.807, 2.05) is 53.2 Å². The van der Waals surface area contributed by atoms with Gasteiger partial charge in [-0.15, -0.1) is 0 Å². The molecule has 0 aliphatic rings. The van der Waals surface area contributed by atoms with Gasteiger partial charge in [0.25, 0.3) is 0 Å². The SMILES string of the molecule is O=C(N=c1ccccn1Cc1ccccc1)c1cc2cc(Cl)ccc2o1. The lowest BCUT2D eigenvalue weighted by Crippen LogP contribution is -2.22. The molecule has 0 bridgehead atoms. The minimum Gasteiger partial charge on any atom is -0.451 e. The van der Waals surface area contributed by atoms with Gasteiger partial charge in [0.1, 0.15) is 11.1 Å². The lowest BCUT2D eigenvalue weighted by Gasteiger charge is -2.07. The van der Waals surface area contributed by atoms with Crippen LogP contribution in [0.1, 0.15) is 16.1 Å². The zero-order valence-electron chi connectivity index (χ0n) is 13.8. The molecule has 0 saturated heterocycles. The Bertz CT molecular complexity index is 1140. The van der Waals surface area contributed by atoms with Crippen molar-refractivity contribution in [3.05, 3.63) is 101 Å². The van der Waals surface area contributed by atoms with Gasteiger partial charge in [-0.1, -0.05) is 48.0 Å². The topological polar surface area (TPSA) is 47.5 Å². The molecule has 0 radical (unpaired) electrons. The highest BCUT2D eigenvalue weighted by atomic mass is 35.5. The van der Waals surface area contributed by atoms with Crippen molar-refractivity contribution in [2.75, 3.05) is 0 Å². The summed E-state index contributed by atoms with van der Waals surface area (Å²) < 4.78 is 7.53. The Morgan fingerprint density at radius 1 is 1.00 bits per heavy atom. The van der Waals surface area contributed by atoms with Crippen LogP contribution in [0.15, 0.2) is 88.4 Å². The second kappa shape index (κ2) is 7.02. The van der Waals surface area contributed by atoms with Gasteiger partial charge in [-0.2, -0.15) is 4.99 Å². The van der Waals surface area contributed by atoms with E-state index in [1.54, 1.807) is 30.3 Å². The Hall–Kier alpha value is -3.11. The number of aromatic nitrogens is 1. The Morgan fingerprint density at radius 3 is 2.65 bits per heavy atom. The van der Waals surface area contributed by atoms with Crippen molar-refractivity contribution in [3.63, 3.8) is 0 Å². The van der Waals surface area contributed by atoms with Crippen molar-refractivity contribution < 1.29 is 9.21 Å². The summed E-state index contributed by atoms with van der Waals surface area (Å²) in [5, 5.41) is 1.37. The molecule has 26 heavy (non-hydrogen) atoms. The van der Waals surface area contributed by atoms with Crippen LogP contribution in [0.25, 0.3) is 11.0 Å². The van der Waals surface area contributed by atoms with E-state index in [1.165, 1.54) is 0 Å². The molecule has 1 amide bonds. The van der Waals surface area contributed by atoms with Gasteiger partial charge >= 0.3 is 5.91 Å². The average Bonchev–Trinajstić information content (AvgIpc) is 3.07. The third kappa shape index (κ3) is 3.46. The first-order chi connectivity index (χ1) is 12.7. The maximum absolute atomic E-state index is 12.6. The quantitative estimate of drug-likeness (QED) is 0.531. The average molecular weight is 363 g/mol. The van der Waals surface area contributed by atoms with Crippen molar-refractivity contribution in [3.8, 4) is 0 Å². The number of pyridine rings is 1. The van der Waals surface area contributed by atoms with E-state index in [0.717, 1.165) is 10.9 Å². The number of hydrogen-bond acceptors (Lipinski definition) is 2. The molecule has 0 saturated carbocycles. The zero-order chi connectivity index (χ0) is 17.9. The lowest BCUT2D eigenvalue weighted by molar-refractivity contribution is 0.0973. The number of carbonyl (C=O) groups is 1. The molecule has 0 fully saturated rings. The minimum atomic E-state index is -0.426. The number of benzene rings is 2. The fraction of sp³-hybridized carbons (Fsp3) is 0.0476. The van der Waals surface area contributed by atoms with E-state index in [4.69, 9.17) is 16.0 Å². The summed E-state index contributed by atoms with van der Waals surface area (Å²) in [5.41, 5.74) is 2.31. The van der Waals surface area contributed by atoms with E-state index >= 15 is 0 Å². The van der Waals surface area contributed by atoms with Gasteiger partial charge in [0.2, 0.25) is 0 Å². The number of amides is 1. The molecule has 128 valence electrons. The summed E-state index contributed by atoms with van der Waals surface area (Å²) in [7, 11) is 0. The molecule has 0 atom stereocenters. The Kier molecular flexibility index (Phi) is 4.42. The molecule has 0 aliphatic heterocycles. The van der Waals surface area contributed by atoms with Crippen molar-refractivity contribution in [2.45, 2.75) is 6.54 Å². The number of halogens is 1. The monoisotopic (exact) mass is 362 g/mol. The molecule has 0 aliphatic carbocycles. The lowest BCUT2D eigenvalue weighted by atomic mass is 10.2. The van der Waals surface area contributed by atoms with Crippen LogP contribution >= 0.6 is 11.6 Å². The third-order valence-electron chi connectivity index (χ3n) is 4.02. The summed E-state index contributed by atoms with van der Waals surface area (Å²) in [5.74, 6) is -0.234. The molecule has 0 spiro atoms. The van der Waals surface area contributed by atoms with Crippen molar-refractivity contribution >= 4 is 28.5 Å². The summed E-state index contributed by atoms with van der Waals surface area (Å²) in [6, 6.07) is 22.5. The van der Waals surface area contributed by atoms with Gasteiger partial charge in [0.05, 0.1) is 0 Å². The summed E-state index contributed by atoms with van der Waals surface area (Å²) in [6.45, 7) is 0.629. The van der Waals surface area contributed by atoms with Gasteiger partial charge in [-0.3, -0.25) is 4.79 Å². The van der Waals surface area contributed by atoms with Crippen LogP contribution in [0.5, 0.6) is 0 Å². The highest BCUT2D eigenvalue weighted by Crippen LogP contribution is 2.23. The van der Waals surface area contributed by atoms with Crippen LogP contribution in [-0.2, 0) is 6.54 Å². The highest BCUT2D eigenvalue weighted by molar-refractivity contribution is 6.31. The van der Waals surface area contributed by atoms with Gasteiger partial charge in [0, 0.05) is 23.2 Å². The molecule has 2 heterocycles. The van der Waals surface area contributed by atoms with E-state index in [-0.39, 0.29) is 5.76 Å². The molecule has 2 aromatic carbocycles. The Balaban J connectivity index is 1.70. The fourth-order valence-corrected chi connectivity index (χ4v) is 2.94. The maximum Gasteiger partial charge on any atom is 0.314 e. The van der Waals surface area contributed by atoms with Gasteiger partial charge in [-0.05, 0) is 42.0 Å². The highest BCUT2D eigenvalue weighted by Gasteiger charge is 2.12. The largest absolute Gasteiger partial charge is 0.451 e. The van der Waals surface area contributed by atoms with Gasteiger partial charge < -0.3 is 8.98 Å². The van der Waals surface area contributed by atoms with Crippen LogP contribution in [0, 0.1) is 0 Å². The summed E-state index contributed by atoms with van der Waals surface area (Å²) in [4.78, 5) is 16.8. The molecular formula is C21H15ClN2O2. The normalized spacial score (nSPS) is 11.8. The Morgan fingerprint density at radius 2 is 1.81 bits per heavy atom. The number of carbonyl (C=O) groups excluding carboxylic acids is 1. The van der Waals surface area contributed by atoms with Crippen molar-refractivity contribution in [1.82, 2.24) is 4.57 Å². The minimum absolute atomic E-state index is 0.192. The van der Waals surface area contributed by atoms with Crippen molar-refractivity contribution in [2.24, 2.45) is 4.99 Å². The van der Waals surface area contributed by atoms with Crippen LogP contribution < -0.4 is 5.49 Å². The second-order valence-corrected chi connectivity index (χ2v) is 6.32. The van der Waals surface area contributed by atoms with Crippen LogP contribution in [0.2, 0.25) is 5.02 Å². The molecule has 4 rings (SSSR count). The first-order valence-corrected chi connectivity index (χ1v) is 8.54. The molecule has 0 N–H and O–H groups in total.